The van der Waals surface area contributed by atoms with E-state index in [9.17, 15) is 0 Å². The maximum absolute atomic E-state index is 3.36. The Kier molecular flexibility index (Phi) is 2.48. The van der Waals surface area contributed by atoms with Crippen LogP contribution in [0.15, 0.2) is 84.3 Å². The molecule has 0 unspecified atom stereocenters. The number of allylic oxidation sites excluding steroid dienone is 9. The Morgan fingerprint density at radius 3 is 1.25 bits per heavy atom. The van der Waals surface area contributed by atoms with Gasteiger partial charge in [0, 0.05) is 0 Å². The van der Waals surface area contributed by atoms with Crippen LogP contribution in [0.25, 0.3) is 0 Å². The van der Waals surface area contributed by atoms with E-state index < -0.39 is 16.2 Å². The van der Waals surface area contributed by atoms with E-state index in [4.69, 9.17) is 0 Å². The van der Waals surface area contributed by atoms with E-state index >= 15 is 0 Å². The fourth-order valence-corrected chi connectivity index (χ4v) is 7.75. The van der Waals surface area contributed by atoms with E-state index in [-0.39, 0.29) is 0 Å². The van der Waals surface area contributed by atoms with Gasteiger partial charge in [-0.05, 0) is 0 Å². The third-order valence-corrected chi connectivity index (χ3v) is 8.97. The Labute approximate surface area is 100 Å². The normalized spacial score (nSPS) is 18.4. The summed E-state index contributed by atoms with van der Waals surface area (Å²) in [5.41, 5.74) is 10.1. The van der Waals surface area contributed by atoms with Crippen molar-refractivity contribution in [1.29, 1.82) is 0 Å². The summed E-state index contributed by atoms with van der Waals surface area (Å²) in [6.45, 7) is 0. The molecule has 0 heterocycles. The Balaban J connectivity index is 2.09. The van der Waals surface area contributed by atoms with Gasteiger partial charge in [-0.1, -0.05) is 0 Å². The summed E-state index contributed by atoms with van der Waals surface area (Å²) in [5, 5.41) is 0. The molecule has 0 aliphatic heterocycles. The third-order valence-electron chi connectivity index (χ3n) is 2.80. The van der Waals surface area contributed by atoms with Gasteiger partial charge in [0.15, 0.2) is 0 Å². The second kappa shape index (κ2) is 4.12. The first-order chi connectivity index (χ1) is 7.95. The molecule has 0 radical (unpaired) electrons. The topological polar surface area (TPSA) is 0 Å². The van der Waals surface area contributed by atoms with Crippen LogP contribution in [-0.4, -0.2) is 16.2 Å². The summed E-state index contributed by atoms with van der Waals surface area (Å²) in [7, 11) is 0. The number of hydrogen-bond acceptors (Lipinski definition) is 0. The van der Waals surface area contributed by atoms with Gasteiger partial charge in [-0.2, -0.15) is 0 Å². The van der Waals surface area contributed by atoms with Gasteiger partial charge in [-0.15, -0.1) is 0 Å². The summed E-state index contributed by atoms with van der Waals surface area (Å²) < 4.78 is 4.12. The minimum atomic E-state index is -1.87. The van der Waals surface area contributed by atoms with Gasteiger partial charge in [0.1, 0.15) is 0 Å². The Hall–Kier alpha value is -1.58. The fraction of sp³-hybridized carbons (Fsp3) is 0. The van der Waals surface area contributed by atoms with Crippen LogP contribution in [0, 0.1) is 0 Å². The van der Waals surface area contributed by atoms with Crippen LogP contribution in [0.1, 0.15) is 0 Å². The zero-order chi connectivity index (χ0) is 10.8. The minimum absolute atomic E-state index is 1.37. The molecule has 0 spiro atoms. The van der Waals surface area contributed by atoms with Crippen molar-refractivity contribution in [2.75, 3.05) is 0 Å². The molecule has 72 valence electrons. The molecule has 0 nitrogen and oxygen atoms in total. The predicted molar refractivity (Wildman–Crippen MR) is 68.0 cm³/mol. The molecule has 1 heteroatoms. The summed E-state index contributed by atoms with van der Waals surface area (Å²) in [6, 6.07) is 0. The SMILES string of the molecule is C1=CC=C[C]=1[Ga]([C]1=C=CC=C1)[C]1=C=CC=C1. The quantitative estimate of drug-likeness (QED) is 0.539. The first-order valence-electron chi connectivity index (χ1n) is 5.35. The van der Waals surface area contributed by atoms with Crippen molar-refractivity contribution in [1.82, 2.24) is 0 Å². The summed E-state index contributed by atoms with van der Waals surface area (Å²) in [5.74, 6) is 0. The molecule has 3 rings (SSSR count). The van der Waals surface area contributed by atoms with E-state index in [2.05, 4.69) is 53.6 Å². The molecule has 0 saturated carbocycles. The zero-order valence-electron chi connectivity index (χ0n) is 8.77. The number of hydrogen-bond donors (Lipinski definition) is 0. The molecular formula is C15H9Ga. The van der Waals surface area contributed by atoms with Crippen LogP contribution < -0.4 is 0 Å². The van der Waals surface area contributed by atoms with E-state index in [1.807, 2.05) is 18.2 Å². The van der Waals surface area contributed by atoms with Crippen LogP contribution in [-0.2, 0) is 0 Å². The van der Waals surface area contributed by atoms with Crippen molar-refractivity contribution in [3.05, 3.63) is 84.3 Å². The van der Waals surface area contributed by atoms with Gasteiger partial charge in [0.05, 0.1) is 0 Å². The molecule has 3 aliphatic rings. The third kappa shape index (κ3) is 1.64. The summed E-state index contributed by atoms with van der Waals surface area (Å²) in [6.07, 6.45) is 18.8. The van der Waals surface area contributed by atoms with Crippen molar-refractivity contribution in [3.63, 3.8) is 0 Å². The van der Waals surface area contributed by atoms with Crippen molar-refractivity contribution in [2.45, 2.75) is 0 Å². The molecule has 0 N–H and O–H groups in total. The zero-order valence-corrected chi connectivity index (χ0v) is 11.2. The Morgan fingerprint density at radius 2 is 1.00 bits per heavy atom. The van der Waals surface area contributed by atoms with Crippen molar-refractivity contribution < 1.29 is 0 Å². The van der Waals surface area contributed by atoms with E-state index in [1.54, 1.807) is 0 Å². The standard InChI is InChI=1S/3C5H3.Ga/c3*1-2-4-5-3-1;/h3*1-3H;. The second-order valence-corrected chi connectivity index (χ2v) is 9.54. The van der Waals surface area contributed by atoms with Gasteiger partial charge in [-0.3, -0.25) is 0 Å². The maximum atomic E-state index is 3.36. The van der Waals surface area contributed by atoms with Gasteiger partial charge in [0.25, 0.3) is 0 Å². The van der Waals surface area contributed by atoms with Crippen molar-refractivity contribution >= 4 is 16.2 Å². The van der Waals surface area contributed by atoms with Gasteiger partial charge in [-0.25, -0.2) is 0 Å². The molecule has 0 aromatic carbocycles. The van der Waals surface area contributed by atoms with E-state index in [0.29, 0.717) is 0 Å². The van der Waals surface area contributed by atoms with E-state index in [0.717, 1.165) is 0 Å². The predicted octanol–water partition coefficient (Wildman–Crippen LogP) is 3.05. The van der Waals surface area contributed by atoms with Gasteiger partial charge >= 0.3 is 100 Å². The first-order valence-corrected chi connectivity index (χ1v) is 8.98. The van der Waals surface area contributed by atoms with Gasteiger partial charge in [0.2, 0.25) is 0 Å². The molecule has 0 aromatic rings. The van der Waals surface area contributed by atoms with Gasteiger partial charge < -0.3 is 0 Å². The van der Waals surface area contributed by atoms with Crippen LogP contribution in [0.3, 0.4) is 0 Å². The first kappa shape index (κ1) is 9.63. The van der Waals surface area contributed by atoms with Crippen LogP contribution in [0.4, 0.5) is 0 Å². The average molecular weight is 259 g/mol. The molecule has 0 amide bonds. The molecule has 0 fully saturated rings. The summed E-state index contributed by atoms with van der Waals surface area (Å²) >= 11 is -1.87. The monoisotopic (exact) mass is 258 g/mol. The van der Waals surface area contributed by atoms with Crippen LogP contribution >= 0.6 is 0 Å². The number of rotatable bonds is 3. The van der Waals surface area contributed by atoms with Crippen molar-refractivity contribution in [2.24, 2.45) is 0 Å². The van der Waals surface area contributed by atoms with Crippen molar-refractivity contribution in [3.8, 4) is 0 Å². The Morgan fingerprint density at radius 1 is 0.625 bits per heavy atom. The summed E-state index contributed by atoms with van der Waals surface area (Å²) in [4.78, 5) is 0. The molecule has 0 saturated heterocycles. The Bertz CT molecular complexity index is 526. The fourth-order valence-electron chi connectivity index (χ4n) is 2.07. The molecule has 0 aromatic heterocycles. The van der Waals surface area contributed by atoms with Crippen LogP contribution in [0.2, 0.25) is 0 Å². The molecule has 0 bridgehead atoms. The molecule has 16 heavy (non-hydrogen) atoms. The molecular weight excluding hydrogens is 250 g/mol. The average Bonchev–Trinajstić information content (AvgIpc) is 3.02. The molecule has 0 atom stereocenters. The van der Waals surface area contributed by atoms with E-state index in [1.165, 1.54) is 12.4 Å². The van der Waals surface area contributed by atoms with Crippen LogP contribution in [0.5, 0.6) is 0 Å². The molecule has 3 aliphatic carbocycles. The second-order valence-electron chi connectivity index (χ2n) is 3.81.